The van der Waals surface area contributed by atoms with Crippen LogP contribution in [-0.4, -0.2) is 43.8 Å². The first-order chi connectivity index (χ1) is 17.8. The molecule has 0 aliphatic carbocycles. The number of oxazole rings is 1. The molecule has 0 spiro atoms. The quantitative estimate of drug-likeness (QED) is 0.379. The Morgan fingerprint density at radius 3 is 2.46 bits per heavy atom. The summed E-state index contributed by atoms with van der Waals surface area (Å²) in [6.07, 6.45) is 3.01. The fourth-order valence-corrected chi connectivity index (χ4v) is 4.42. The van der Waals surface area contributed by atoms with Crippen LogP contribution in [0, 0.1) is 5.92 Å². The van der Waals surface area contributed by atoms with Crippen LogP contribution >= 0.6 is 0 Å². The Kier molecular flexibility index (Phi) is 6.27. The number of rotatable bonds is 7. The normalized spacial score (nSPS) is 13.5. The second-order valence-electron chi connectivity index (χ2n) is 9.11. The highest BCUT2D eigenvalue weighted by Gasteiger charge is 2.38. The number of carboxylic acids is 1. The number of amides is 2. The number of benzene rings is 2. The minimum atomic E-state index is -1.02. The van der Waals surface area contributed by atoms with E-state index in [4.69, 9.17) is 4.42 Å². The highest BCUT2D eigenvalue weighted by molar-refractivity contribution is 6.02. The van der Waals surface area contributed by atoms with Gasteiger partial charge in [0, 0.05) is 23.2 Å². The molecule has 0 radical (unpaired) electrons. The minimum Gasteiger partial charge on any atom is -0.480 e. The molecule has 0 unspecified atom stereocenters. The number of hydrogen-bond acceptors (Lipinski definition) is 6. The Bertz CT molecular complexity index is 1480. The predicted molar refractivity (Wildman–Crippen MR) is 136 cm³/mol. The first-order valence-corrected chi connectivity index (χ1v) is 11.8. The molecule has 4 aromatic rings. The van der Waals surface area contributed by atoms with Crippen LogP contribution in [0.25, 0.3) is 22.6 Å². The zero-order valence-electron chi connectivity index (χ0n) is 20.2. The van der Waals surface area contributed by atoms with E-state index < -0.39 is 17.9 Å². The fourth-order valence-electron chi connectivity index (χ4n) is 4.42. The lowest BCUT2D eigenvalue weighted by atomic mass is 10.0. The van der Waals surface area contributed by atoms with Gasteiger partial charge in [0.15, 0.2) is 5.76 Å². The number of nitrogens with zero attached hydrogens (tertiary/aromatic N) is 3. The smallest absolute Gasteiger partial charge is 0.326 e. The summed E-state index contributed by atoms with van der Waals surface area (Å²) in [6.45, 7) is 3.83. The van der Waals surface area contributed by atoms with Gasteiger partial charge in [0.1, 0.15) is 6.04 Å². The number of carbonyl (C=O) groups is 3. The second-order valence-corrected chi connectivity index (χ2v) is 9.11. The first kappa shape index (κ1) is 23.9. The molecule has 5 rings (SSSR count). The largest absolute Gasteiger partial charge is 0.480 e. The number of carbonyl (C=O) groups excluding carboxylic acids is 2. The molecule has 37 heavy (non-hydrogen) atoms. The molecular formula is C28H24N4O5. The summed E-state index contributed by atoms with van der Waals surface area (Å²) in [7, 11) is 0. The summed E-state index contributed by atoms with van der Waals surface area (Å²) in [5.41, 5.74) is 3.85. The van der Waals surface area contributed by atoms with Crippen LogP contribution in [0.4, 0.5) is 5.69 Å². The maximum Gasteiger partial charge on any atom is 0.326 e. The Balaban J connectivity index is 1.29. The molecule has 0 bridgehead atoms. The van der Waals surface area contributed by atoms with E-state index in [-0.39, 0.29) is 24.3 Å². The lowest BCUT2D eigenvalue weighted by Crippen LogP contribution is -2.44. The van der Waals surface area contributed by atoms with E-state index in [2.05, 4.69) is 15.3 Å². The standard InChI is InChI=1S/C28H24N4O5/c1-16(2)24(28(35)36)32-15-19-9-8-18(12-21(19)27(32)34)22-11-10-20(13-29-22)31-25(33)26-30-14-23(37-26)17-6-4-3-5-7-17/h3-14,16,24H,15H2,1-2H3,(H,31,33)(H,35,36)/t24-/m0/s1. The third-order valence-electron chi connectivity index (χ3n) is 6.24. The van der Waals surface area contributed by atoms with E-state index in [0.29, 0.717) is 28.3 Å². The van der Waals surface area contributed by atoms with Crippen LogP contribution in [0.15, 0.2) is 77.5 Å². The van der Waals surface area contributed by atoms with Gasteiger partial charge in [-0.15, -0.1) is 0 Å². The Hall–Kier alpha value is -4.79. The zero-order chi connectivity index (χ0) is 26.1. The van der Waals surface area contributed by atoms with Gasteiger partial charge in [-0.2, -0.15) is 0 Å². The molecule has 2 aromatic heterocycles. The molecule has 2 aromatic carbocycles. The maximum absolute atomic E-state index is 13.0. The lowest BCUT2D eigenvalue weighted by Gasteiger charge is -2.27. The number of nitrogens with one attached hydrogen (secondary N) is 1. The average Bonchev–Trinajstić information content (AvgIpc) is 3.50. The van der Waals surface area contributed by atoms with Crippen LogP contribution in [0.3, 0.4) is 0 Å². The lowest BCUT2D eigenvalue weighted by molar-refractivity contribution is -0.144. The number of fused-ring (bicyclic) bond motifs is 1. The van der Waals surface area contributed by atoms with Crippen LogP contribution in [-0.2, 0) is 11.3 Å². The molecule has 3 heterocycles. The SMILES string of the molecule is CC(C)[C@@H](C(=O)O)N1Cc2ccc(-c3ccc(NC(=O)c4ncc(-c5ccccc5)o4)cn3)cc2C1=O. The van der Waals surface area contributed by atoms with E-state index in [1.165, 1.54) is 17.3 Å². The van der Waals surface area contributed by atoms with Crippen LogP contribution in [0.2, 0.25) is 0 Å². The molecule has 2 N–H and O–H groups in total. The van der Waals surface area contributed by atoms with E-state index >= 15 is 0 Å². The fraction of sp³-hybridized carbons (Fsp3) is 0.179. The summed E-state index contributed by atoms with van der Waals surface area (Å²) in [4.78, 5) is 47.2. The molecule has 0 saturated heterocycles. The summed E-state index contributed by atoms with van der Waals surface area (Å²) in [5.74, 6) is -1.61. The molecule has 2 amide bonds. The summed E-state index contributed by atoms with van der Waals surface area (Å²) in [5, 5.41) is 12.3. The highest BCUT2D eigenvalue weighted by atomic mass is 16.4. The van der Waals surface area contributed by atoms with Crippen LogP contribution < -0.4 is 5.32 Å². The molecule has 186 valence electrons. The van der Waals surface area contributed by atoms with Crippen molar-refractivity contribution in [1.29, 1.82) is 0 Å². The van der Waals surface area contributed by atoms with Crippen molar-refractivity contribution in [2.45, 2.75) is 26.4 Å². The van der Waals surface area contributed by atoms with E-state index in [9.17, 15) is 19.5 Å². The number of aromatic nitrogens is 2. The molecular weight excluding hydrogens is 472 g/mol. The van der Waals surface area contributed by atoms with Crippen molar-refractivity contribution in [1.82, 2.24) is 14.9 Å². The first-order valence-electron chi connectivity index (χ1n) is 11.8. The topological polar surface area (TPSA) is 126 Å². The van der Waals surface area contributed by atoms with Gasteiger partial charge in [0.2, 0.25) is 0 Å². The summed E-state index contributed by atoms with van der Waals surface area (Å²) in [6, 6.07) is 17.3. The van der Waals surface area contributed by atoms with E-state index in [1.807, 2.05) is 42.5 Å². The number of aliphatic carboxylic acids is 1. The summed E-state index contributed by atoms with van der Waals surface area (Å²) < 4.78 is 5.59. The van der Waals surface area contributed by atoms with Gasteiger partial charge >= 0.3 is 11.9 Å². The Morgan fingerprint density at radius 1 is 1.00 bits per heavy atom. The van der Waals surface area contributed by atoms with Crippen molar-refractivity contribution < 1.29 is 23.9 Å². The van der Waals surface area contributed by atoms with Gasteiger partial charge in [0.25, 0.3) is 11.8 Å². The van der Waals surface area contributed by atoms with E-state index in [0.717, 1.165) is 11.1 Å². The van der Waals surface area contributed by atoms with Gasteiger partial charge in [-0.25, -0.2) is 9.78 Å². The molecule has 1 aliphatic heterocycles. The van der Waals surface area contributed by atoms with Crippen molar-refractivity contribution in [3.63, 3.8) is 0 Å². The number of hydrogen-bond donors (Lipinski definition) is 2. The van der Waals surface area contributed by atoms with Crippen molar-refractivity contribution in [3.05, 3.63) is 90.1 Å². The van der Waals surface area contributed by atoms with Crippen molar-refractivity contribution in [2.24, 2.45) is 5.92 Å². The van der Waals surface area contributed by atoms with Gasteiger partial charge < -0.3 is 19.7 Å². The zero-order valence-corrected chi connectivity index (χ0v) is 20.2. The summed E-state index contributed by atoms with van der Waals surface area (Å²) >= 11 is 0. The maximum atomic E-state index is 13.0. The average molecular weight is 497 g/mol. The van der Waals surface area contributed by atoms with E-state index in [1.54, 1.807) is 32.0 Å². The number of carboxylic acid groups (broad SMARTS) is 1. The molecule has 1 aliphatic rings. The number of pyridine rings is 1. The van der Waals surface area contributed by atoms with Crippen LogP contribution in [0.1, 0.15) is 40.5 Å². The Morgan fingerprint density at radius 2 is 1.78 bits per heavy atom. The van der Waals surface area contributed by atoms with Gasteiger partial charge in [-0.1, -0.05) is 56.3 Å². The minimum absolute atomic E-state index is 0.0642. The molecule has 1 atom stereocenters. The van der Waals surface area contributed by atoms with Crippen molar-refractivity contribution >= 4 is 23.5 Å². The van der Waals surface area contributed by atoms with Gasteiger partial charge in [0.05, 0.1) is 23.8 Å². The molecule has 9 heteroatoms. The van der Waals surface area contributed by atoms with Gasteiger partial charge in [-0.05, 0) is 29.7 Å². The van der Waals surface area contributed by atoms with Crippen molar-refractivity contribution in [2.75, 3.05) is 5.32 Å². The predicted octanol–water partition coefficient (Wildman–Crippen LogP) is 4.72. The molecule has 0 fully saturated rings. The third-order valence-corrected chi connectivity index (χ3v) is 6.24. The number of anilines is 1. The Labute approximate surface area is 212 Å². The van der Waals surface area contributed by atoms with Crippen LogP contribution in [0.5, 0.6) is 0 Å². The molecule has 9 nitrogen and oxygen atoms in total. The molecule has 0 saturated carbocycles. The highest BCUT2D eigenvalue weighted by Crippen LogP contribution is 2.31. The van der Waals surface area contributed by atoms with Gasteiger partial charge in [-0.3, -0.25) is 14.6 Å². The second kappa shape index (κ2) is 9.69. The third kappa shape index (κ3) is 4.71. The monoisotopic (exact) mass is 496 g/mol. The van der Waals surface area contributed by atoms with Crippen molar-refractivity contribution in [3.8, 4) is 22.6 Å².